The van der Waals surface area contributed by atoms with E-state index in [0.717, 1.165) is 12.1 Å². The van der Waals surface area contributed by atoms with Crippen LogP contribution in [0.5, 0.6) is 0 Å². The Morgan fingerprint density at radius 2 is 2.15 bits per heavy atom. The molecule has 0 fully saturated rings. The second-order valence-corrected chi connectivity index (χ2v) is 7.22. The molecule has 0 radical (unpaired) electrons. The van der Waals surface area contributed by atoms with Crippen molar-refractivity contribution in [2.75, 3.05) is 18.9 Å². The molecule has 0 saturated carbocycles. The second-order valence-electron chi connectivity index (χ2n) is 4.63. The van der Waals surface area contributed by atoms with Gasteiger partial charge in [-0.05, 0) is 46.8 Å². The molecule has 0 aliphatic heterocycles. The van der Waals surface area contributed by atoms with Gasteiger partial charge >= 0.3 is 0 Å². The van der Waals surface area contributed by atoms with E-state index in [2.05, 4.69) is 20.7 Å². The number of halogens is 2. The summed E-state index contributed by atoms with van der Waals surface area (Å²) in [6.07, 6.45) is 1.32. The van der Waals surface area contributed by atoms with Crippen molar-refractivity contribution in [1.29, 1.82) is 0 Å². The molecule has 1 rings (SSSR count). The van der Waals surface area contributed by atoms with Gasteiger partial charge in [-0.25, -0.2) is 17.5 Å². The standard InChI is InChI=1S/C12H18BrFN2O3S/c1-8(7-17)3-2-4-16-20(18,19)12-6-11(15)10(14)5-9(12)13/h5-6,8,16-17H,2-4,7,15H2,1H3. The van der Waals surface area contributed by atoms with Gasteiger partial charge in [0.05, 0.1) is 10.6 Å². The lowest BCUT2D eigenvalue weighted by molar-refractivity contribution is 0.228. The molecule has 0 bridgehead atoms. The summed E-state index contributed by atoms with van der Waals surface area (Å²) in [6, 6.07) is 2.11. The van der Waals surface area contributed by atoms with Crippen molar-refractivity contribution in [3.8, 4) is 0 Å². The summed E-state index contributed by atoms with van der Waals surface area (Å²) in [4.78, 5) is -0.0911. The van der Waals surface area contributed by atoms with E-state index in [-0.39, 0.29) is 34.1 Å². The van der Waals surface area contributed by atoms with Crippen molar-refractivity contribution < 1.29 is 17.9 Å². The van der Waals surface area contributed by atoms with E-state index in [9.17, 15) is 12.8 Å². The molecule has 1 unspecified atom stereocenters. The Morgan fingerprint density at radius 3 is 2.75 bits per heavy atom. The molecule has 1 aromatic carbocycles. The lowest BCUT2D eigenvalue weighted by Crippen LogP contribution is -2.25. The summed E-state index contributed by atoms with van der Waals surface area (Å²) < 4.78 is 39.9. The van der Waals surface area contributed by atoms with Crippen LogP contribution in [-0.2, 0) is 10.0 Å². The summed E-state index contributed by atoms with van der Waals surface area (Å²) >= 11 is 3.01. The molecule has 0 spiro atoms. The normalized spacial score (nSPS) is 13.4. The molecule has 5 nitrogen and oxygen atoms in total. The van der Waals surface area contributed by atoms with Gasteiger partial charge in [0, 0.05) is 17.6 Å². The molecular weight excluding hydrogens is 351 g/mol. The molecule has 0 aliphatic carbocycles. The number of aliphatic hydroxyl groups excluding tert-OH is 1. The van der Waals surface area contributed by atoms with Gasteiger partial charge in [-0.1, -0.05) is 6.92 Å². The van der Waals surface area contributed by atoms with E-state index in [1.807, 2.05) is 6.92 Å². The largest absolute Gasteiger partial charge is 0.396 e. The van der Waals surface area contributed by atoms with Crippen LogP contribution in [0.3, 0.4) is 0 Å². The quantitative estimate of drug-likeness (QED) is 0.505. The van der Waals surface area contributed by atoms with Gasteiger partial charge < -0.3 is 10.8 Å². The SMILES string of the molecule is CC(CO)CCCNS(=O)(=O)c1cc(N)c(F)cc1Br. The van der Waals surface area contributed by atoms with Crippen molar-refractivity contribution in [2.45, 2.75) is 24.7 Å². The summed E-state index contributed by atoms with van der Waals surface area (Å²) in [5.41, 5.74) is 5.16. The third-order valence-corrected chi connectivity index (χ3v) is 5.24. The van der Waals surface area contributed by atoms with Crippen molar-refractivity contribution >= 4 is 31.6 Å². The predicted octanol–water partition coefficient (Wildman–Crippen LogP) is 1.86. The van der Waals surface area contributed by atoms with Crippen LogP contribution in [0.4, 0.5) is 10.1 Å². The Hall–Kier alpha value is -0.700. The van der Waals surface area contributed by atoms with Gasteiger partial charge in [0.15, 0.2) is 0 Å². The lowest BCUT2D eigenvalue weighted by Gasteiger charge is -2.11. The predicted molar refractivity (Wildman–Crippen MR) is 79.2 cm³/mol. The number of hydrogen-bond donors (Lipinski definition) is 3. The monoisotopic (exact) mass is 368 g/mol. The first-order valence-electron chi connectivity index (χ1n) is 6.13. The number of nitrogen functional groups attached to an aromatic ring is 1. The molecule has 1 aromatic rings. The van der Waals surface area contributed by atoms with E-state index in [0.29, 0.717) is 12.8 Å². The Bertz CT molecular complexity index is 566. The van der Waals surface area contributed by atoms with E-state index >= 15 is 0 Å². The maximum atomic E-state index is 13.2. The van der Waals surface area contributed by atoms with Gasteiger partial charge in [0.1, 0.15) is 5.82 Å². The van der Waals surface area contributed by atoms with Crippen LogP contribution in [0.1, 0.15) is 19.8 Å². The maximum Gasteiger partial charge on any atom is 0.241 e. The molecule has 114 valence electrons. The average Bonchev–Trinajstić information content (AvgIpc) is 2.38. The van der Waals surface area contributed by atoms with Gasteiger partial charge in [0.25, 0.3) is 0 Å². The molecule has 0 amide bonds. The molecule has 20 heavy (non-hydrogen) atoms. The van der Waals surface area contributed by atoms with Gasteiger partial charge in [-0.2, -0.15) is 0 Å². The number of rotatable bonds is 7. The first kappa shape index (κ1) is 17.4. The fraction of sp³-hybridized carbons (Fsp3) is 0.500. The number of benzene rings is 1. The first-order chi connectivity index (χ1) is 9.27. The zero-order valence-electron chi connectivity index (χ0n) is 11.1. The third-order valence-electron chi connectivity index (χ3n) is 2.82. The fourth-order valence-electron chi connectivity index (χ4n) is 1.58. The highest BCUT2D eigenvalue weighted by Gasteiger charge is 2.19. The highest BCUT2D eigenvalue weighted by atomic mass is 79.9. The van der Waals surface area contributed by atoms with Crippen LogP contribution in [0.15, 0.2) is 21.5 Å². The summed E-state index contributed by atoms with van der Waals surface area (Å²) in [5.74, 6) is -0.541. The van der Waals surface area contributed by atoms with Crippen LogP contribution in [0.2, 0.25) is 0 Å². The highest BCUT2D eigenvalue weighted by molar-refractivity contribution is 9.10. The summed E-state index contributed by atoms with van der Waals surface area (Å²) in [6.45, 7) is 2.20. The van der Waals surface area contributed by atoms with E-state index in [1.165, 1.54) is 0 Å². The van der Waals surface area contributed by atoms with Crippen molar-refractivity contribution in [3.05, 3.63) is 22.4 Å². The number of nitrogens with one attached hydrogen (secondary N) is 1. The topological polar surface area (TPSA) is 92.4 Å². The molecule has 0 aliphatic rings. The minimum absolute atomic E-state index is 0.0762. The number of sulfonamides is 1. The highest BCUT2D eigenvalue weighted by Crippen LogP contribution is 2.26. The molecule has 0 aromatic heterocycles. The number of aliphatic hydroxyl groups is 1. The Morgan fingerprint density at radius 1 is 1.50 bits per heavy atom. The maximum absolute atomic E-state index is 13.2. The zero-order valence-corrected chi connectivity index (χ0v) is 13.5. The van der Waals surface area contributed by atoms with Crippen LogP contribution in [-0.4, -0.2) is 26.7 Å². The lowest BCUT2D eigenvalue weighted by atomic mass is 10.1. The smallest absolute Gasteiger partial charge is 0.241 e. The minimum Gasteiger partial charge on any atom is -0.396 e. The number of hydrogen-bond acceptors (Lipinski definition) is 4. The molecular formula is C12H18BrFN2O3S. The first-order valence-corrected chi connectivity index (χ1v) is 8.40. The van der Waals surface area contributed by atoms with Crippen molar-refractivity contribution in [1.82, 2.24) is 4.72 Å². The summed E-state index contributed by atoms with van der Waals surface area (Å²) in [7, 11) is -3.74. The minimum atomic E-state index is -3.74. The number of anilines is 1. The Labute approximate surface area is 126 Å². The van der Waals surface area contributed by atoms with Gasteiger partial charge in [0.2, 0.25) is 10.0 Å². The van der Waals surface area contributed by atoms with E-state index in [1.54, 1.807) is 0 Å². The van der Waals surface area contributed by atoms with Crippen LogP contribution >= 0.6 is 15.9 Å². The fourth-order valence-corrected chi connectivity index (χ4v) is 3.70. The van der Waals surface area contributed by atoms with Crippen molar-refractivity contribution in [2.24, 2.45) is 5.92 Å². The van der Waals surface area contributed by atoms with Crippen LogP contribution < -0.4 is 10.5 Å². The zero-order chi connectivity index (χ0) is 15.3. The van der Waals surface area contributed by atoms with E-state index in [4.69, 9.17) is 10.8 Å². The van der Waals surface area contributed by atoms with Gasteiger partial charge in [-0.15, -0.1) is 0 Å². The molecule has 8 heteroatoms. The van der Waals surface area contributed by atoms with Crippen LogP contribution in [0.25, 0.3) is 0 Å². The van der Waals surface area contributed by atoms with Crippen molar-refractivity contribution in [3.63, 3.8) is 0 Å². The Balaban J connectivity index is 2.72. The molecule has 0 saturated heterocycles. The molecule has 1 atom stereocenters. The third kappa shape index (κ3) is 4.69. The molecule has 0 heterocycles. The van der Waals surface area contributed by atoms with Gasteiger partial charge in [-0.3, -0.25) is 0 Å². The summed E-state index contributed by atoms with van der Waals surface area (Å²) in [5, 5.41) is 8.87. The van der Waals surface area contributed by atoms with Crippen LogP contribution in [0, 0.1) is 11.7 Å². The number of nitrogens with two attached hydrogens (primary N) is 1. The second kappa shape index (κ2) is 7.35. The Kier molecular flexibility index (Phi) is 6.38. The molecule has 4 N–H and O–H groups in total. The van der Waals surface area contributed by atoms with E-state index < -0.39 is 15.8 Å². The average molecular weight is 369 g/mol.